The molecule has 0 aromatic carbocycles. The fourth-order valence-electron chi connectivity index (χ4n) is 1.81. The van der Waals surface area contributed by atoms with Crippen LogP contribution in [0.5, 0.6) is 0 Å². The molecule has 0 aliphatic heterocycles. The van der Waals surface area contributed by atoms with Gasteiger partial charge in [-0.3, -0.25) is 4.98 Å². The van der Waals surface area contributed by atoms with Crippen LogP contribution in [0.4, 0.5) is 5.69 Å². The zero-order chi connectivity index (χ0) is 9.97. The minimum Gasteiger partial charge on any atom is -0.391 e. The summed E-state index contributed by atoms with van der Waals surface area (Å²) in [5.74, 6) is 0. The van der Waals surface area contributed by atoms with E-state index in [0.29, 0.717) is 5.02 Å². The molecule has 1 fully saturated rings. The fourth-order valence-corrected chi connectivity index (χ4v) is 1.99. The third kappa shape index (κ3) is 2.16. The number of hydrogen-bond acceptors (Lipinski definition) is 3. The Morgan fingerprint density at radius 3 is 2.93 bits per heavy atom. The molecule has 2 atom stereocenters. The number of pyridine rings is 1. The molecular weight excluding hydrogens is 200 g/mol. The Balaban J connectivity index is 2.03. The molecule has 0 saturated heterocycles. The SMILES string of the molecule is O[C@H]1CCC[C@@H]1Nc1cncc(Cl)c1. The van der Waals surface area contributed by atoms with Crippen LogP contribution < -0.4 is 5.32 Å². The Hall–Kier alpha value is -0.800. The van der Waals surface area contributed by atoms with E-state index in [-0.39, 0.29) is 12.1 Å². The molecule has 2 N–H and O–H groups in total. The number of halogens is 1. The highest BCUT2D eigenvalue weighted by Crippen LogP contribution is 2.23. The lowest BCUT2D eigenvalue weighted by Crippen LogP contribution is -2.27. The highest BCUT2D eigenvalue weighted by molar-refractivity contribution is 6.30. The average molecular weight is 213 g/mol. The Morgan fingerprint density at radius 2 is 2.29 bits per heavy atom. The Bertz CT molecular complexity index is 319. The van der Waals surface area contributed by atoms with E-state index in [0.717, 1.165) is 24.9 Å². The number of nitrogens with one attached hydrogen (secondary N) is 1. The van der Waals surface area contributed by atoms with Crippen LogP contribution in [0.3, 0.4) is 0 Å². The maximum atomic E-state index is 9.60. The molecule has 1 aliphatic carbocycles. The van der Waals surface area contributed by atoms with Crippen molar-refractivity contribution in [1.29, 1.82) is 0 Å². The van der Waals surface area contributed by atoms with Crippen molar-refractivity contribution in [1.82, 2.24) is 4.98 Å². The lowest BCUT2D eigenvalue weighted by molar-refractivity contribution is 0.172. The first-order valence-corrected chi connectivity index (χ1v) is 5.18. The first-order chi connectivity index (χ1) is 6.75. The molecule has 0 unspecified atom stereocenters. The van der Waals surface area contributed by atoms with E-state index in [2.05, 4.69) is 10.3 Å². The van der Waals surface area contributed by atoms with Crippen LogP contribution in [0.25, 0.3) is 0 Å². The summed E-state index contributed by atoms with van der Waals surface area (Å²) in [4.78, 5) is 3.98. The molecule has 2 rings (SSSR count). The predicted molar refractivity (Wildman–Crippen MR) is 56.5 cm³/mol. The van der Waals surface area contributed by atoms with Crippen molar-refractivity contribution in [3.05, 3.63) is 23.5 Å². The summed E-state index contributed by atoms with van der Waals surface area (Å²) >= 11 is 5.80. The monoisotopic (exact) mass is 212 g/mol. The summed E-state index contributed by atoms with van der Waals surface area (Å²) in [5, 5.41) is 13.5. The fraction of sp³-hybridized carbons (Fsp3) is 0.500. The minimum atomic E-state index is -0.242. The van der Waals surface area contributed by atoms with E-state index in [1.54, 1.807) is 12.4 Å². The predicted octanol–water partition coefficient (Wildman–Crippen LogP) is 2.06. The zero-order valence-electron chi connectivity index (χ0n) is 7.78. The Kier molecular flexibility index (Phi) is 2.89. The molecule has 1 aromatic heterocycles. The number of aromatic nitrogens is 1. The first kappa shape index (κ1) is 9.74. The molecule has 0 bridgehead atoms. The van der Waals surface area contributed by atoms with E-state index in [9.17, 15) is 5.11 Å². The van der Waals surface area contributed by atoms with E-state index >= 15 is 0 Å². The molecule has 0 radical (unpaired) electrons. The summed E-state index contributed by atoms with van der Waals surface area (Å²) in [5.41, 5.74) is 0.878. The lowest BCUT2D eigenvalue weighted by atomic mass is 10.2. The number of hydrogen-bond donors (Lipinski definition) is 2. The van der Waals surface area contributed by atoms with Crippen molar-refractivity contribution in [3.8, 4) is 0 Å². The lowest BCUT2D eigenvalue weighted by Gasteiger charge is -2.17. The molecule has 0 amide bonds. The molecule has 1 saturated carbocycles. The Morgan fingerprint density at radius 1 is 1.43 bits per heavy atom. The second-order valence-corrected chi connectivity index (χ2v) is 4.08. The first-order valence-electron chi connectivity index (χ1n) is 4.81. The van der Waals surface area contributed by atoms with E-state index in [1.165, 1.54) is 0 Å². The van der Waals surface area contributed by atoms with Gasteiger partial charge in [0.2, 0.25) is 0 Å². The third-order valence-electron chi connectivity index (χ3n) is 2.54. The molecule has 1 aromatic rings. The highest BCUT2D eigenvalue weighted by Gasteiger charge is 2.24. The van der Waals surface area contributed by atoms with Crippen LogP contribution >= 0.6 is 11.6 Å². The van der Waals surface area contributed by atoms with Crippen LogP contribution in [0.2, 0.25) is 5.02 Å². The molecular formula is C10H13ClN2O. The van der Waals surface area contributed by atoms with Crippen molar-refractivity contribution in [2.45, 2.75) is 31.4 Å². The van der Waals surface area contributed by atoms with Gasteiger partial charge in [-0.2, -0.15) is 0 Å². The number of aliphatic hydroxyl groups is 1. The number of anilines is 1. The molecule has 4 heteroatoms. The normalized spacial score (nSPS) is 26.4. The summed E-state index contributed by atoms with van der Waals surface area (Å²) in [6.07, 6.45) is 6.04. The maximum Gasteiger partial charge on any atom is 0.0741 e. The minimum absolute atomic E-state index is 0.148. The van der Waals surface area contributed by atoms with Gasteiger partial charge in [0.05, 0.1) is 29.1 Å². The van der Waals surface area contributed by atoms with Gasteiger partial charge in [0, 0.05) is 6.20 Å². The maximum absolute atomic E-state index is 9.60. The van der Waals surface area contributed by atoms with E-state index in [4.69, 9.17) is 11.6 Å². The summed E-state index contributed by atoms with van der Waals surface area (Å²) < 4.78 is 0. The summed E-state index contributed by atoms with van der Waals surface area (Å²) in [6.45, 7) is 0. The smallest absolute Gasteiger partial charge is 0.0741 e. The molecule has 1 heterocycles. The van der Waals surface area contributed by atoms with Crippen LogP contribution in [0, 0.1) is 0 Å². The average Bonchev–Trinajstić information content (AvgIpc) is 2.52. The van der Waals surface area contributed by atoms with Gasteiger partial charge in [0.25, 0.3) is 0 Å². The van der Waals surface area contributed by atoms with Gasteiger partial charge in [0.1, 0.15) is 0 Å². The van der Waals surface area contributed by atoms with E-state index in [1.807, 2.05) is 6.07 Å². The number of aliphatic hydroxyl groups excluding tert-OH is 1. The van der Waals surface area contributed by atoms with Gasteiger partial charge < -0.3 is 10.4 Å². The summed E-state index contributed by atoms with van der Waals surface area (Å²) in [7, 11) is 0. The molecule has 1 aliphatic rings. The molecule has 0 spiro atoms. The standard InChI is InChI=1S/C10H13ClN2O/c11-7-4-8(6-12-5-7)13-9-2-1-3-10(9)14/h4-6,9-10,13-14H,1-3H2/t9-,10-/m0/s1. The van der Waals surface area contributed by atoms with E-state index < -0.39 is 0 Å². The molecule has 14 heavy (non-hydrogen) atoms. The van der Waals surface area contributed by atoms with Gasteiger partial charge >= 0.3 is 0 Å². The van der Waals surface area contributed by atoms with Gasteiger partial charge in [-0.25, -0.2) is 0 Å². The third-order valence-corrected chi connectivity index (χ3v) is 2.74. The number of nitrogens with zero attached hydrogens (tertiary/aromatic N) is 1. The zero-order valence-corrected chi connectivity index (χ0v) is 8.54. The molecule has 76 valence electrons. The van der Waals surface area contributed by atoms with Crippen molar-refractivity contribution < 1.29 is 5.11 Å². The Labute approximate surface area is 88.1 Å². The highest BCUT2D eigenvalue weighted by atomic mass is 35.5. The largest absolute Gasteiger partial charge is 0.391 e. The van der Waals surface area contributed by atoms with Crippen LogP contribution in [-0.2, 0) is 0 Å². The van der Waals surface area contributed by atoms with Crippen LogP contribution in [0.1, 0.15) is 19.3 Å². The second-order valence-electron chi connectivity index (χ2n) is 3.64. The topological polar surface area (TPSA) is 45.1 Å². The summed E-state index contributed by atoms with van der Waals surface area (Å²) in [6, 6.07) is 1.97. The van der Waals surface area contributed by atoms with Crippen molar-refractivity contribution in [3.63, 3.8) is 0 Å². The van der Waals surface area contributed by atoms with Gasteiger partial charge in [-0.05, 0) is 25.3 Å². The van der Waals surface area contributed by atoms with Crippen molar-refractivity contribution in [2.24, 2.45) is 0 Å². The van der Waals surface area contributed by atoms with Gasteiger partial charge in [0.15, 0.2) is 0 Å². The number of rotatable bonds is 2. The van der Waals surface area contributed by atoms with Gasteiger partial charge in [-0.1, -0.05) is 11.6 Å². The quantitative estimate of drug-likeness (QED) is 0.789. The van der Waals surface area contributed by atoms with Gasteiger partial charge in [-0.15, -0.1) is 0 Å². The van der Waals surface area contributed by atoms with Crippen LogP contribution in [-0.4, -0.2) is 22.2 Å². The van der Waals surface area contributed by atoms with Crippen LogP contribution in [0.15, 0.2) is 18.5 Å². The van der Waals surface area contributed by atoms with Crippen molar-refractivity contribution in [2.75, 3.05) is 5.32 Å². The van der Waals surface area contributed by atoms with Crippen molar-refractivity contribution >= 4 is 17.3 Å². The molecule has 3 nitrogen and oxygen atoms in total. The second kappa shape index (κ2) is 4.15.